The maximum atomic E-state index is 12.9. The zero-order valence-electron chi connectivity index (χ0n) is 15.2. The number of nitrogens with one attached hydrogen (secondary N) is 1. The second-order valence-corrected chi connectivity index (χ2v) is 9.03. The van der Waals surface area contributed by atoms with Gasteiger partial charge >= 0.3 is 0 Å². The Labute approximate surface area is 135 Å². The molecular weight excluding hydrogens is 276 g/mol. The molecule has 0 saturated carbocycles. The molecule has 2 aliphatic rings. The van der Waals surface area contributed by atoms with Gasteiger partial charge in [0.2, 0.25) is 11.8 Å². The largest absolute Gasteiger partial charge is 0.307 e. The van der Waals surface area contributed by atoms with Crippen molar-refractivity contribution in [1.82, 2.24) is 10.2 Å². The fraction of sp³-hybridized carbons (Fsp3) is 0.889. The summed E-state index contributed by atoms with van der Waals surface area (Å²) < 4.78 is 0. The highest BCUT2D eigenvalue weighted by atomic mass is 16.2. The van der Waals surface area contributed by atoms with Crippen molar-refractivity contribution in [3.63, 3.8) is 0 Å². The number of amides is 2. The van der Waals surface area contributed by atoms with E-state index in [4.69, 9.17) is 0 Å². The average molecular weight is 308 g/mol. The molecule has 0 aromatic carbocycles. The predicted octanol–water partition coefficient (Wildman–Crippen LogP) is 2.96. The molecule has 2 heterocycles. The van der Waals surface area contributed by atoms with Crippen LogP contribution in [0.1, 0.15) is 67.7 Å². The Bertz CT molecular complexity index is 452. The Hall–Kier alpha value is -0.900. The van der Waals surface area contributed by atoms with Crippen LogP contribution in [0.3, 0.4) is 0 Å². The molecule has 4 heteroatoms. The summed E-state index contributed by atoms with van der Waals surface area (Å²) >= 11 is 0. The molecular formula is C18H32N2O2. The fourth-order valence-corrected chi connectivity index (χ4v) is 4.52. The van der Waals surface area contributed by atoms with Crippen molar-refractivity contribution in [2.75, 3.05) is 0 Å². The van der Waals surface area contributed by atoms with Crippen LogP contribution >= 0.6 is 0 Å². The summed E-state index contributed by atoms with van der Waals surface area (Å²) in [6, 6.07) is 0.0193. The lowest BCUT2D eigenvalue weighted by atomic mass is 9.79. The van der Waals surface area contributed by atoms with Crippen LogP contribution in [-0.4, -0.2) is 33.8 Å². The second kappa shape index (κ2) is 5.63. The van der Waals surface area contributed by atoms with Crippen molar-refractivity contribution in [1.29, 1.82) is 0 Å². The lowest BCUT2D eigenvalue weighted by molar-refractivity contribution is -0.144. The maximum Gasteiger partial charge on any atom is 0.233 e. The van der Waals surface area contributed by atoms with Crippen molar-refractivity contribution in [2.24, 2.45) is 17.8 Å². The minimum atomic E-state index is -0.170. The Balaban J connectivity index is 2.24. The molecule has 0 bridgehead atoms. The van der Waals surface area contributed by atoms with Crippen LogP contribution in [0, 0.1) is 17.8 Å². The predicted molar refractivity (Wildman–Crippen MR) is 88.3 cm³/mol. The van der Waals surface area contributed by atoms with Crippen molar-refractivity contribution in [3.8, 4) is 0 Å². The summed E-state index contributed by atoms with van der Waals surface area (Å²) in [6.07, 6.45) is 2.46. The molecule has 0 aromatic rings. The van der Waals surface area contributed by atoms with Crippen LogP contribution in [-0.2, 0) is 9.59 Å². The van der Waals surface area contributed by atoms with Gasteiger partial charge in [0, 0.05) is 23.0 Å². The van der Waals surface area contributed by atoms with E-state index in [1.165, 1.54) is 0 Å². The number of hydrogen-bond donors (Lipinski definition) is 1. The van der Waals surface area contributed by atoms with E-state index in [-0.39, 0.29) is 40.8 Å². The third kappa shape index (κ3) is 3.37. The van der Waals surface area contributed by atoms with Gasteiger partial charge in [0.05, 0.1) is 5.92 Å². The van der Waals surface area contributed by atoms with Gasteiger partial charge in [-0.3, -0.25) is 14.5 Å². The van der Waals surface area contributed by atoms with E-state index >= 15 is 0 Å². The zero-order chi connectivity index (χ0) is 16.9. The number of carbonyl (C=O) groups is 2. The second-order valence-electron chi connectivity index (χ2n) is 9.03. The lowest BCUT2D eigenvalue weighted by Crippen LogP contribution is -2.63. The van der Waals surface area contributed by atoms with Gasteiger partial charge in [0.1, 0.15) is 0 Å². The van der Waals surface area contributed by atoms with Crippen molar-refractivity contribution in [3.05, 3.63) is 0 Å². The summed E-state index contributed by atoms with van der Waals surface area (Å²) in [4.78, 5) is 27.2. The number of carbonyl (C=O) groups excluding carboxylic acids is 2. The Morgan fingerprint density at radius 1 is 1.09 bits per heavy atom. The monoisotopic (exact) mass is 308 g/mol. The van der Waals surface area contributed by atoms with Gasteiger partial charge in [0.15, 0.2) is 0 Å². The van der Waals surface area contributed by atoms with E-state index in [1.807, 2.05) is 6.92 Å². The van der Waals surface area contributed by atoms with Crippen LogP contribution in [0.4, 0.5) is 0 Å². The molecule has 0 aromatic heterocycles. The molecule has 2 aliphatic heterocycles. The third-order valence-corrected chi connectivity index (χ3v) is 5.04. The van der Waals surface area contributed by atoms with Gasteiger partial charge in [-0.15, -0.1) is 0 Å². The highest BCUT2D eigenvalue weighted by molar-refractivity contribution is 6.05. The van der Waals surface area contributed by atoms with Crippen LogP contribution in [0.25, 0.3) is 0 Å². The Kier molecular flexibility index (Phi) is 4.46. The first-order valence-electron chi connectivity index (χ1n) is 8.60. The van der Waals surface area contributed by atoms with Gasteiger partial charge in [-0.25, -0.2) is 0 Å². The summed E-state index contributed by atoms with van der Waals surface area (Å²) in [5, 5.41) is 3.62. The molecule has 2 fully saturated rings. The summed E-state index contributed by atoms with van der Waals surface area (Å²) in [5.74, 6) is 0.230. The average Bonchev–Trinajstić information content (AvgIpc) is 2.49. The molecule has 2 saturated heterocycles. The molecule has 2 rings (SSSR count). The number of piperidine rings is 1. The van der Waals surface area contributed by atoms with Crippen molar-refractivity contribution in [2.45, 2.75) is 84.8 Å². The van der Waals surface area contributed by atoms with E-state index in [0.717, 1.165) is 19.3 Å². The first kappa shape index (κ1) is 17.5. The van der Waals surface area contributed by atoms with E-state index in [9.17, 15) is 9.59 Å². The van der Waals surface area contributed by atoms with Crippen molar-refractivity contribution < 1.29 is 9.59 Å². The van der Waals surface area contributed by atoms with E-state index in [2.05, 4.69) is 46.9 Å². The molecule has 0 spiro atoms. The van der Waals surface area contributed by atoms with Crippen molar-refractivity contribution >= 4 is 11.8 Å². The number of imide groups is 1. The van der Waals surface area contributed by atoms with Gasteiger partial charge < -0.3 is 5.32 Å². The number of hydrogen-bond acceptors (Lipinski definition) is 3. The van der Waals surface area contributed by atoms with Gasteiger partial charge in [-0.1, -0.05) is 20.8 Å². The highest BCUT2D eigenvalue weighted by Gasteiger charge is 2.51. The molecule has 2 unspecified atom stereocenters. The van der Waals surface area contributed by atoms with Crippen LogP contribution in [0.5, 0.6) is 0 Å². The Morgan fingerprint density at radius 3 is 2.05 bits per heavy atom. The number of nitrogens with zero attached hydrogens (tertiary/aromatic N) is 1. The third-order valence-electron chi connectivity index (χ3n) is 5.04. The van der Waals surface area contributed by atoms with Crippen LogP contribution < -0.4 is 5.32 Å². The Morgan fingerprint density at radius 2 is 1.59 bits per heavy atom. The first-order valence-corrected chi connectivity index (χ1v) is 8.60. The minimum Gasteiger partial charge on any atom is -0.307 e. The standard InChI is InChI=1S/C18H32N2O2/c1-11(2)8-14-12(3)15(21)20(16(14)22)13-9-17(4,5)19-18(6,7)10-13/h11-14,19H,8-10H2,1-7H3. The molecule has 4 nitrogen and oxygen atoms in total. The number of rotatable bonds is 3. The summed E-state index contributed by atoms with van der Waals surface area (Å²) in [5.41, 5.74) is -0.126. The molecule has 1 N–H and O–H groups in total. The van der Waals surface area contributed by atoms with Gasteiger partial charge in [-0.2, -0.15) is 0 Å². The molecule has 2 atom stereocenters. The number of likely N-dealkylation sites (tertiary alicyclic amines) is 1. The summed E-state index contributed by atoms with van der Waals surface area (Å²) in [6.45, 7) is 14.8. The lowest BCUT2D eigenvalue weighted by Gasteiger charge is -2.48. The fourth-order valence-electron chi connectivity index (χ4n) is 4.52. The normalized spacial score (nSPS) is 32.1. The van der Waals surface area contributed by atoms with E-state index < -0.39 is 0 Å². The van der Waals surface area contributed by atoms with E-state index in [1.54, 1.807) is 4.90 Å². The molecule has 0 aliphatic carbocycles. The highest BCUT2D eigenvalue weighted by Crippen LogP contribution is 2.38. The summed E-state index contributed by atoms with van der Waals surface area (Å²) in [7, 11) is 0. The van der Waals surface area contributed by atoms with Gasteiger partial charge in [-0.05, 0) is 52.9 Å². The van der Waals surface area contributed by atoms with Gasteiger partial charge in [0.25, 0.3) is 0 Å². The molecule has 126 valence electrons. The SMILES string of the molecule is CC(C)CC1C(=O)N(C2CC(C)(C)NC(C)(C)C2)C(=O)C1C. The maximum absolute atomic E-state index is 12.9. The smallest absolute Gasteiger partial charge is 0.233 e. The van der Waals surface area contributed by atoms with Crippen LogP contribution in [0.15, 0.2) is 0 Å². The minimum absolute atomic E-state index is 0.0193. The molecule has 0 radical (unpaired) electrons. The van der Waals surface area contributed by atoms with Crippen LogP contribution in [0.2, 0.25) is 0 Å². The molecule has 2 amide bonds. The van der Waals surface area contributed by atoms with E-state index in [0.29, 0.717) is 5.92 Å². The topological polar surface area (TPSA) is 49.4 Å². The quantitative estimate of drug-likeness (QED) is 0.816. The molecule has 22 heavy (non-hydrogen) atoms. The first-order chi connectivity index (χ1) is 9.93. The zero-order valence-corrected chi connectivity index (χ0v) is 15.2.